The normalized spacial score (nSPS) is 11.7. The van der Waals surface area contributed by atoms with Crippen LogP contribution in [0.2, 0.25) is 0 Å². The van der Waals surface area contributed by atoms with Crippen molar-refractivity contribution in [2.24, 2.45) is 0 Å². The number of carbonyl (C=O) groups excluding carboxylic acids is 2. The highest BCUT2D eigenvalue weighted by Gasteiger charge is 2.15. The van der Waals surface area contributed by atoms with E-state index in [1.807, 2.05) is 54.6 Å². The van der Waals surface area contributed by atoms with Gasteiger partial charge in [0.05, 0.1) is 16.8 Å². The molecule has 1 heterocycles. The average molecular weight is 344 g/mol. The van der Waals surface area contributed by atoms with E-state index in [0.717, 1.165) is 10.9 Å². The Morgan fingerprint density at radius 3 is 2.31 bits per heavy atom. The van der Waals surface area contributed by atoms with E-state index in [2.05, 4.69) is 18.8 Å². The Morgan fingerprint density at radius 1 is 0.962 bits per heavy atom. The Labute approximate surface area is 151 Å². The molecule has 26 heavy (non-hydrogen) atoms. The first-order valence-corrected chi connectivity index (χ1v) is 8.39. The summed E-state index contributed by atoms with van der Waals surface area (Å²) >= 11 is 0. The number of rotatable bonds is 5. The number of ketones is 1. The van der Waals surface area contributed by atoms with E-state index in [0.29, 0.717) is 17.1 Å². The maximum atomic E-state index is 12.2. The highest BCUT2D eigenvalue weighted by Crippen LogP contribution is 2.22. The summed E-state index contributed by atoms with van der Waals surface area (Å²) in [6.45, 7) is 4.18. The van der Waals surface area contributed by atoms with Crippen molar-refractivity contribution >= 4 is 34.3 Å². The zero-order chi connectivity index (χ0) is 18.7. The van der Waals surface area contributed by atoms with E-state index in [-0.39, 0.29) is 5.57 Å². The number of pyridine rings is 1. The van der Waals surface area contributed by atoms with Crippen LogP contribution in [0.15, 0.2) is 60.7 Å². The molecular weight excluding hydrogens is 326 g/mol. The maximum absolute atomic E-state index is 12.2. The van der Waals surface area contributed by atoms with E-state index in [4.69, 9.17) is 0 Å². The quantitative estimate of drug-likeness (QED) is 0.526. The number of carboxylic acids is 1. The Morgan fingerprint density at radius 2 is 1.65 bits per heavy atom. The van der Waals surface area contributed by atoms with Gasteiger partial charge in [0.2, 0.25) is 5.78 Å². The molecule has 3 aromatic rings. The number of carboxylic acid groups (broad SMARTS) is 1. The standard InChI is InChI=1S/C22H19NO3/c1-14(2)16-9-7-15(8-10-16)13-18(21(24)22(25)26)20-12-11-17-5-3-4-6-19(17)23-20/h3-14H,1-2H3,(H,25,26)/p-1/b18-13-. The molecule has 0 N–H and O–H groups in total. The predicted molar refractivity (Wildman–Crippen MR) is 100 cm³/mol. The fourth-order valence-corrected chi connectivity index (χ4v) is 2.73. The molecule has 3 rings (SSSR count). The molecule has 1 aromatic heterocycles. The second-order valence-electron chi connectivity index (χ2n) is 6.39. The second kappa shape index (κ2) is 7.31. The lowest BCUT2D eigenvalue weighted by Crippen LogP contribution is -2.32. The molecular formula is C22H18NO3-. The summed E-state index contributed by atoms with van der Waals surface area (Å²) in [7, 11) is 0. The molecule has 0 saturated heterocycles. The number of hydrogen-bond acceptors (Lipinski definition) is 4. The first-order valence-electron chi connectivity index (χ1n) is 8.39. The molecule has 0 fully saturated rings. The summed E-state index contributed by atoms with van der Waals surface area (Å²) in [4.78, 5) is 27.8. The van der Waals surface area contributed by atoms with Crippen molar-refractivity contribution in [2.75, 3.05) is 0 Å². The van der Waals surface area contributed by atoms with Crippen LogP contribution in [0.3, 0.4) is 0 Å². The lowest BCUT2D eigenvalue weighted by atomic mass is 9.99. The van der Waals surface area contributed by atoms with Gasteiger partial charge in [-0.1, -0.05) is 62.4 Å². The molecule has 4 heteroatoms. The van der Waals surface area contributed by atoms with Crippen molar-refractivity contribution < 1.29 is 14.7 Å². The molecule has 0 aliphatic heterocycles. The summed E-state index contributed by atoms with van der Waals surface area (Å²) in [5.41, 5.74) is 2.91. The molecule has 0 spiro atoms. The molecule has 0 amide bonds. The van der Waals surface area contributed by atoms with Crippen molar-refractivity contribution in [3.05, 3.63) is 77.5 Å². The van der Waals surface area contributed by atoms with Gasteiger partial charge in [0.15, 0.2) is 0 Å². The van der Waals surface area contributed by atoms with Crippen LogP contribution in [0.25, 0.3) is 22.6 Å². The lowest BCUT2D eigenvalue weighted by molar-refractivity contribution is -0.299. The zero-order valence-corrected chi connectivity index (χ0v) is 14.6. The minimum atomic E-state index is -1.75. The van der Waals surface area contributed by atoms with E-state index >= 15 is 0 Å². The fourth-order valence-electron chi connectivity index (χ4n) is 2.73. The number of Topliss-reactive ketones (excluding diaryl/α,β-unsaturated/α-hetero) is 1. The van der Waals surface area contributed by atoms with Gasteiger partial charge in [-0.2, -0.15) is 0 Å². The number of para-hydroxylation sites is 1. The molecule has 0 unspecified atom stereocenters. The summed E-state index contributed by atoms with van der Waals surface area (Å²) in [6, 6.07) is 18.6. The predicted octanol–water partition coefficient (Wildman–Crippen LogP) is 3.22. The van der Waals surface area contributed by atoms with Crippen molar-refractivity contribution in [1.29, 1.82) is 0 Å². The van der Waals surface area contributed by atoms with Gasteiger partial charge >= 0.3 is 0 Å². The Bertz CT molecular complexity index is 1000. The molecule has 0 bridgehead atoms. The van der Waals surface area contributed by atoms with Crippen LogP contribution >= 0.6 is 0 Å². The third-order valence-corrected chi connectivity index (χ3v) is 4.22. The van der Waals surface area contributed by atoms with Gasteiger partial charge in [0.1, 0.15) is 5.97 Å². The SMILES string of the molecule is CC(C)c1ccc(/C=C(\C(=O)C(=O)[O-])c2ccc3ccccc3n2)cc1. The smallest absolute Gasteiger partial charge is 0.210 e. The summed E-state index contributed by atoms with van der Waals surface area (Å²) in [6.07, 6.45) is 1.54. The zero-order valence-electron chi connectivity index (χ0n) is 14.6. The van der Waals surface area contributed by atoms with Crippen molar-refractivity contribution in [3.63, 3.8) is 0 Å². The van der Waals surface area contributed by atoms with E-state index in [1.165, 1.54) is 5.56 Å². The van der Waals surface area contributed by atoms with E-state index < -0.39 is 11.8 Å². The number of nitrogens with zero attached hydrogens (tertiary/aromatic N) is 1. The second-order valence-corrected chi connectivity index (χ2v) is 6.39. The molecule has 0 radical (unpaired) electrons. The number of aliphatic carboxylic acids is 1. The van der Waals surface area contributed by atoms with Crippen LogP contribution in [-0.2, 0) is 9.59 Å². The molecule has 0 atom stereocenters. The van der Waals surface area contributed by atoms with Gasteiger partial charge in [-0.05, 0) is 35.3 Å². The first kappa shape index (κ1) is 17.5. The average Bonchev–Trinajstić information content (AvgIpc) is 2.65. The fraction of sp³-hybridized carbons (Fsp3) is 0.136. The topological polar surface area (TPSA) is 70.1 Å². The number of fused-ring (bicyclic) bond motifs is 1. The monoisotopic (exact) mass is 344 g/mol. The third kappa shape index (κ3) is 3.70. The van der Waals surface area contributed by atoms with Crippen LogP contribution in [0.4, 0.5) is 0 Å². The van der Waals surface area contributed by atoms with Crippen molar-refractivity contribution in [3.8, 4) is 0 Å². The number of benzene rings is 2. The highest BCUT2D eigenvalue weighted by atomic mass is 16.4. The molecule has 0 aliphatic rings. The Hall–Kier alpha value is -3.27. The molecule has 4 nitrogen and oxygen atoms in total. The van der Waals surface area contributed by atoms with Crippen LogP contribution in [0, 0.1) is 0 Å². The van der Waals surface area contributed by atoms with Crippen molar-refractivity contribution in [2.45, 2.75) is 19.8 Å². The van der Waals surface area contributed by atoms with E-state index in [9.17, 15) is 14.7 Å². The molecule has 0 saturated carbocycles. The van der Waals surface area contributed by atoms with Gasteiger partial charge < -0.3 is 9.90 Å². The number of hydrogen-bond donors (Lipinski definition) is 0. The summed E-state index contributed by atoms with van der Waals surface area (Å²) < 4.78 is 0. The van der Waals surface area contributed by atoms with Gasteiger partial charge in [-0.15, -0.1) is 0 Å². The third-order valence-electron chi connectivity index (χ3n) is 4.22. The molecule has 0 aliphatic carbocycles. The Balaban J connectivity index is 2.09. The highest BCUT2D eigenvalue weighted by molar-refractivity contribution is 6.52. The van der Waals surface area contributed by atoms with E-state index in [1.54, 1.807) is 12.1 Å². The van der Waals surface area contributed by atoms with Crippen LogP contribution < -0.4 is 5.11 Å². The Kier molecular flexibility index (Phi) is 4.94. The molecule has 130 valence electrons. The maximum Gasteiger partial charge on any atom is 0.210 e. The van der Waals surface area contributed by atoms with Gasteiger partial charge in [-0.25, -0.2) is 4.98 Å². The number of carbonyl (C=O) groups is 2. The largest absolute Gasteiger partial charge is 0.541 e. The van der Waals surface area contributed by atoms with Crippen LogP contribution in [0.5, 0.6) is 0 Å². The molecule has 2 aromatic carbocycles. The minimum absolute atomic E-state index is 0.00745. The van der Waals surface area contributed by atoms with Gasteiger partial charge in [-0.3, -0.25) is 4.79 Å². The number of aromatic nitrogens is 1. The van der Waals surface area contributed by atoms with Gasteiger partial charge in [0.25, 0.3) is 0 Å². The van der Waals surface area contributed by atoms with Gasteiger partial charge in [0, 0.05) is 5.39 Å². The minimum Gasteiger partial charge on any atom is -0.541 e. The first-order chi connectivity index (χ1) is 12.5. The summed E-state index contributed by atoms with van der Waals surface area (Å²) in [5, 5.41) is 12.1. The summed E-state index contributed by atoms with van der Waals surface area (Å²) in [5.74, 6) is -2.44. The van der Waals surface area contributed by atoms with Crippen LogP contribution in [-0.4, -0.2) is 16.7 Å². The van der Waals surface area contributed by atoms with Crippen LogP contribution in [0.1, 0.15) is 36.6 Å². The van der Waals surface area contributed by atoms with Crippen molar-refractivity contribution in [1.82, 2.24) is 4.98 Å². The lowest BCUT2D eigenvalue weighted by Gasteiger charge is -2.09.